The number of nitrogens with one attached hydrogen (secondary N) is 1. The normalized spacial score (nSPS) is 16.6. The van der Waals surface area contributed by atoms with E-state index in [-0.39, 0.29) is 23.4 Å². The van der Waals surface area contributed by atoms with E-state index >= 15 is 4.39 Å². The minimum absolute atomic E-state index is 0.198. The zero-order valence-electron chi connectivity index (χ0n) is 15.0. The molecule has 138 valence electrons. The number of nitrogen functional groups attached to an aromatic ring is 1. The van der Waals surface area contributed by atoms with E-state index < -0.39 is 0 Å². The number of nitrogens with zero attached hydrogens (tertiary/aromatic N) is 2. The number of aryl methyl sites for hydroxylation is 1. The van der Waals surface area contributed by atoms with Gasteiger partial charge in [0.25, 0.3) is 0 Å². The molecule has 4 nitrogen and oxygen atoms in total. The number of nitrogens with two attached hydrogens (primary N) is 1. The van der Waals surface area contributed by atoms with Crippen molar-refractivity contribution in [3.63, 3.8) is 0 Å². The van der Waals surface area contributed by atoms with Gasteiger partial charge in [0.2, 0.25) is 0 Å². The molecule has 1 aliphatic heterocycles. The third-order valence-electron chi connectivity index (χ3n) is 5.06. The van der Waals surface area contributed by atoms with Gasteiger partial charge >= 0.3 is 0 Å². The molecule has 2 heterocycles. The van der Waals surface area contributed by atoms with Crippen LogP contribution >= 0.6 is 0 Å². The Hall–Kier alpha value is -2.86. The van der Waals surface area contributed by atoms with Gasteiger partial charge in [0, 0.05) is 23.6 Å². The molecule has 1 aliphatic rings. The lowest BCUT2D eigenvalue weighted by molar-refractivity contribution is 0.578. The molecule has 3 aromatic rings. The molecule has 4 rings (SSSR count). The summed E-state index contributed by atoms with van der Waals surface area (Å²) >= 11 is 0. The van der Waals surface area contributed by atoms with Crippen LogP contribution < -0.4 is 11.1 Å². The molecular weight excluding hydrogens is 346 g/mol. The standard InChI is InChI=1S/C21H20F2N4/c1-12-2-3-15(18(22)10-12)14-8-9-25-11-17-13(14)4-5-16(21(17)23)19-6-7-20(24)27-26-19/h2-7,10,14,25H,8-9,11H2,1H3,(H2,24,27). The third kappa shape index (κ3) is 3.28. The highest BCUT2D eigenvalue weighted by Gasteiger charge is 2.26. The van der Waals surface area contributed by atoms with Gasteiger partial charge in [0.05, 0.1) is 5.69 Å². The number of hydrogen-bond donors (Lipinski definition) is 2. The Labute approximate surface area is 156 Å². The number of aromatic nitrogens is 2. The molecule has 0 saturated heterocycles. The largest absolute Gasteiger partial charge is 0.382 e. The Balaban J connectivity index is 1.83. The van der Waals surface area contributed by atoms with Crippen LogP contribution in [0.1, 0.15) is 34.6 Å². The molecule has 0 fully saturated rings. The molecule has 1 aromatic heterocycles. The van der Waals surface area contributed by atoms with Crippen LogP contribution in [-0.2, 0) is 6.54 Å². The van der Waals surface area contributed by atoms with Crippen molar-refractivity contribution >= 4 is 5.82 Å². The van der Waals surface area contributed by atoms with Gasteiger partial charge in [-0.3, -0.25) is 0 Å². The molecule has 0 spiro atoms. The Bertz CT molecular complexity index is 986. The van der Waals surface area contributed by atoms with Crippen LogP contribution in [0.25, 0.3) is 11.3 Å². The first kappa shape index (κ1) is 17.5. The first-order valence-corrected chi connectivity index (χ1v) is 8.92. The lowest BCUT2D eigenvalue weighted by atomic mass is 9.85. The average molecular weight is 366 g/mol. The van der Waals surface area contributed by atoms with Crippen molar-refractivity contribution in [1.82, 2.24) is 15.5 Å². The van der Waals surface area contributed by atoms with Gasteiger partial charge in [-0.05, 0) is 60.8 Å². The van der Waals surface area contributed by atoms with E-state index in [0.29, 0.717) is 41.9 Å². The monoisotopic (exact) mass is 366 g/mol. The van der Waals surface area contributed by atoms with Crippen molar-refractivity contribution in [1.29, 1.82) is 0 Å². The zero-order chi connectivity index (χ0) is 19.0. The van der Waals surface area contributed by atoms with Crippen LogP contribution in [-0.4, -0.2) is 16.7 Å². The van der Waals surface area contributed by atoms with Gasteiger partial charge in [0.1, 0.15) is 17.5 Å². The van der Waals surface area contributed by atoms with E-state index in [2.05, 4.69) is 15.5 Å². The minimum Gasteiger partial charge on any atom is -0.382 e. The highest BCUT2D eigenvalue weighted by molar-refractivity contribution is 5.63. The van der Waals surface area contributed by atoms with Gasteiger partial charge in [-0.1, -0.05) is 18.2 Å². The molecule has 0 saturated carbocycles. The van der Waals surface area contributed by atoms with Gasteiger partial charge in [0.15, 0.2) is 0 Å². The fraction of sp³-hybridized carbons (Fsp3) is 0.238. The summed E-state index contributed by atoms with van der Waals surface area (Å²) in [6, 6.07) is 12.0. The highest BCUT2D eigenvalue weighted by Crippen LogP contribution is 2.37. The number of hydrogen-bond acceptors (Lipinski definition) is 4. The predicted octanol–water partition coefficient (Wildman–Crippen LogP) is 3.94. The van der Waals surface area contributed by atoms with Gasteiger partial charge < -0.3 is 11.1 Å². The van der Waals surface area contributed by atoms with E-state index in [0.717, 1.165) is 11.1 Å². The van der Waals surface area contributed by atoms with Crippen molar-refractivity contribution in [2.75, 3.05) is 12.3 Å². The molecule has 1 unspecified atom stereocenters. The van der Waals surface area contributed by atoms with Crippen molar-refractivity contribution in [3.8, 4) is 11.3 Å². The number of benzene rings is 2. The molecular formula is C21H20F2N4. The summed E-state index contributed by atoms with van der Waals surface area (Å²) in [6.07, 6.45) is 0.702. The smallest absolute Gasteiger partial charge is 0.146 e. The van der Waals surface area contributed by atoms with E-state index in [1.807, 2.05) is 25.1 Å². The second-order valence-corrected chi connectivity index (χ2v) is 6.88. The van der Waals surface area contributed by atoms with Crippen molar-refractivity contribution < 1.29 is 8.78 Å². The number of fused-ring (bicyclic) bond motifs is 1. The summed E-state index contributed by atoms with van der Waals surface area (Å²) in [7, 11) is 0. The lowest BCUT2D eigenvalue weighted by Gasteiger charge is -2.20. The first-order valence-electron chi connectivity index (χ1n) is 8.92. The summed E-state index contributed by atoms with van der Waals surface area (Å²) < 4.78 is 29.9. The summed E-state index contributed by atoms with van der Waals surface area (Å²) in [4.78, 5) is 0. The van der Waals surface area contributed by atoms with Crippen LogP contribution in [0, 0.1) is 18.6 Å². The maximum atomic E-state index is 15.3. The lowest BCUT2D eigenvalue weighted by Crippen LogP contribution is -2.13. The summed E-state index contributed by atoms with van der Waals surface area (Å²) in [6.45, 7) is 2.93. The molecule has 3 N–H and O–H groups in total. The van der Waals surface area contributed by atoms with Crippen LogP contribution in [0.5, 0.6) is 0 Å². The second kappa shape index (κ2) is 7.04. The maximum Gasteiger partial charge on any atom is 0.146 e. The molecule has 6 heteroatoms. The number of halogens is 2. The van der Waals surface area contributed by atoms with Gasteiger partial charge in [-0.15, -0.1) is 10.2 Å². The zero-order valence-corrected chi connectivity index (χ0v) is 15.0. The summed E-state index contributed by atoms with van der Waals surface area (Å²) in [5, 5.41) is 11.0. The van der Waals surface area contributed by atoms with Gasteiger partial charge in [-0.2, -0.15) is 0 Å². The molecule has 1 atom stereocenters. The van der Waals surface area contributed by atoms with Crippen LogP contribution in [0.3, 0.4) is 0 Å². The summed E-state index contributed by atoms with van der Waals surface area (Å²) in [5.74, 6) is -0.512. The van der Waals surface area contributed by atoms with E-state index in [4.69, 9.17) is 5.73 Å². The molecule has 0 amide bonds. The fourth-order valence-corrected chi connectivity index (χ4v) is 3.68. The van der Waals surface area contributed by atoms with Crippen LogP contribution in [0.15, 0.2) is 42.5 Å². The number of rotatable bonds is 2. The Morgan fingerprint density at radius 1 is 1.04 bits per heavy atom. The molecule has 0 aliphatic carbocycles. The first-order chi connectivity index (χ1) is 13.0. The van der Waals surface area contributed by atoms with Gasteiger partial charge in [-0.25, -0.2) is 8.78 Å². The Kier molecular flexibility index (Phi) is 4.58. The average Bonchev–Trinajstić information content (AvgIpc) is 2.86. The number of anilines is 1. The van der Waals surface area contributed by atoms with Crippen molar-refractivity contribution in [3.05, 3.63) is 76.4 Å². The fourth-order valence-electron chi connectivity index (χ4n) is 3.68. The third-order valence-corrected chi connectivity index (χ3v) is 5.06. The summed E-state index contributed by atoms with van der Waals surface area (Å²) in [5.41, 5.74) is 9.19. The molecule has 2 aromatic carbocycles. The topological polar surface area (TPSA) is 63.8 Å². The Morgan fingerprint density at radius 2 is 1.85 bits per heavy atom. The molecule has 27 heavy (non-hydrogen) atoms. The Morgan fingerprint density at radius 3 is 2.59 bits per heavy atom. The second-order valence-electron chi connectivity index (χ2n) is 6.88. The maximum absolute atomic E-state index is 15.3. The van der Waals surface area contributed by atoms with E-state index in [9.17, 15) is 4.39 Å². The van der Waals surface area contributed by atoms with Crippen molar-refractivity contribution in [2.24, 2.45) is 0 Å². The SMILES string of the molecule is Cc1ccc(C2CCNCc3c2ccc(-c2ccc(N)nn2)c3F)c(F)c1. The minimum atomic E-state index is -0.349. The molecule has 0 bridgehead atoms. The van der Waals surface area contributed by atoms with E-state index in [1.165, 1.54) is 6.07 Å². The highest BCUT2D eigenvalue weighted by atomic mass is 19.1. The van der Waals surface area contributed by atoms with Crippen LogP contribution in [0.4, 0.5) is 14.6 Å². The molecule has 0 radical (unpaired) electrons. The van der Waals surface area contributed by atoms with Crippen LogP contribution in [0.2, 0.25) is 0 Å². The van der Waals surface area contributed by atoms with E-state index in [1.54, 1.807) is 18.2 Å². The van der Waals surface area contributed by atoms with Crippen molar-refractivity contribution in [2.45, 2.75) is 25.8 Å². The quantitative estimate of drug-likeness (QED) is 0.721. The predicted molar refractivity (Wildman–Crippen MR) is 101 cm³/mol.